The lowest BCUT2D eigenvalue weighted by Gasteiger charge is -2.39. The van der Waals surface area contributed by atoms with Crippen LogP contribution in [0.5, 0.6) is 0 Å². The molecule has 3 aromatic rings. The van der Waals surface area contributed by atoms with Gasteiger partial charge in [-0.05, 0) is 48.9 Å². The van der Waals surface area contributed by atoms with Crippen molar-refractivity contribution in [1.82, 2.24) is 4.90 Å². The second-order valence-electron chi connectivity index (χ2n) is 11.8. The molecule has 0 bridgehead atoms. The van der Waals surface area contributed by atoms with Gasteiger partial charge in [0, 0.05) is 24.5 Å². The van der Waals surface area contributed by atoms with E-state index in [0.29, 0.717) is 12.2 Å². The Morgan fingerprint density at radius 3 is 2.21 bits per heavy atom. The number of para-hydroxylation sites is 1. The molecule has 0 radical (unpaired) electrons. The van der Waals surface area contributed by atoms with Crippen LogP contribution in [0.25, 0.3) is 10.8 Å². The van der Waals surface area contributed by atoms with Crippen LogP contribution in [0, 0.1) is 11.8 Å². The van der Waals surface area contributed by atoms with Crippen LogP contribution < -0.4 is 9.80 Å². The molecule has 4 aliphatic rings. The maximum atomic E-state index is 14.6. The summed E-state index contributed by atoms with van der Waals surface area (Å²) >= 11 is 0. The van der Waals surface area contributed by atoms with E-state index in [9.17, 15) is 19.5 Å². The molecule has 4 aliphatic heterocycles. The molecule has 1 unspecified atom stereocenters. The number of nitrogens with zero attached hydrogens (tertiary/aromatic N) is 3. The second kappa shape index (κ2) is 9.64. The van der Waals surface area contributed by atoms with Crippen molar-refractivity contribution in [2.45, 2.75) is 37.1 Å². The predicted molar refractivity (Wildman–Crippen MR) is 160 cm³/mol. The molecule has 1 spiro atoms. The normalized spacial score (nSPS) is 31.2. The summed E-state index contributed by atoms with van der Waals surface area (Å²) < 4.78 is 6.89. The van der Waals surface area contributed by atoms with Crippen LogP contribution in [0.3, 0.4) is 0 Å². The van der Waals surface area contributed by atoms with Gasteiger partial charge in [0.25, 0.3) is 5.91 Å². The summed E-state index contributed by atoms with van der Waals surface area (Å²) in [5.41, 5.74) is -1.06. The van der Waals surface area contributed by atoms with Gasteiger partial charge in [-0.15, -0.1) is 0 Å². The molecule has 4 heterocycles. The van der Waals surface area contributed by atoms with Gasteiger partial charge in [0.1, 0.15) is 11.6 Å². The number of aliphatic hydroxyl groups excluding tert-OH is 1. The van der Waals surface area contributed by atoms with Crippen LogP contribution in [0.1, 0.15) is 13.8 Å². The summed E-state index contributed by atoms with van der Waals surface area (Å²) in [5.74, 6) is -2.70. The van der Waals surface area contributed by atoms with Crippen LogP contribution in [0.4, 0.5) is 11.4 Å². The van der Waals surface area contributed by atoms with Crippen LogP contribution in [-0.2, 0) is 19.1 Å². The molecule has 0 saturated carbocycles. The first-order valence-corrected chi connectivity index (χ1v) is 14.4. The van der Waals surface area contributed by atoms with Crippen molar-refractivity contribution in [1.29, 1.82) is 0 Å². The number of hydrogen-bond acceptors (Lipinski definition) is 5. The first-order valence-electron chi connectivity index (χ1n) is 14.4. The van der Waals surface area contributed by atoms with E-state index in [1.54, 1.807) is 16.7 Å². The van der Waals surface area contributed by atoms with Crippen LogP contribution in [0.2, 0.25) is 0 Å². The van der Waals surface area contributed by atoms with E-state index >= 15 is 0 Å². The number of carbonyl (C=O) groups is 3. The molecule has 8 heteroatoms. The number of fused-ring (bicyclic) bond motifs is 3. The average Bonchev–Trinajstić information content (AvgIpc) is 3.28. The van der Waals surface area contributed by atoms with Gasteiger partial charge in [0.15, 0.2) is 0 Å². The maximum Gasteiger partial charge on any atom is 0.253 e. The summed E-state index contributed by atoms with van der Waals surface area (Å²) in [6, 6.07) is 21.5. The summed E-state index contributed by atoms with van der Waals surface area (Å²) in [6.45, 7) is 3.85. The highest BCUT2D eigenvalue weighted by atomic mass is 16.5. The molecular weight excluding hydrogens is 530 g/mol. The van der Waals surface area contributed by atoms with Crippen molar-refractivity contribution in [3.8, 4) is 0 Å². The molecule has 1 N–H and O–H groups in total. The lowest BCUT2D eigenvalue weighted by atomic mass is 9.74. The van der Waals surface area contributed by atoms with E-state index in [0.717, 1.165) is 16.5 Å². The molecule has 2 fully saturated rings. The quantitative estimate of drug-likeness (QED) is 0.489. The molecule has 0 aliphatic carbocycles. The Kier molecular flexibility index (Phi) is 6.11. The third-order valence-electron chi connectivity index (χ3n) is 9.35. The number of rotatable bonds is 4. The smallest absolute Gasteiger partial charge is 0.253 e. The first kappa shape index (κ1) is 26.6. The topological polar surface area (TPSA) is 90.4 Å². The molecule has 2 saturated heterocycles. The van der Waals surface area contributed by atoms with Crippen molar-refractivity contribution in [3.05, 3.63) is 97.1 Å². The number of ether oxygens (including phenoxy) is 1. The van der Waals surface area contributed by atoms with Gasteiger partial charge in [-0.2, -0.15) is 0 Å². The Bertz CT molecular complexity index is 1650. The Morgan fingerprint density at radius 2 is 1.48 bits per heavy atom. The van der Waals surface area contributed by atoms with Crippen LogP contribution in [-0.4, -0.2) is 70.7 Å². The van der Waals surface area contributed by atoms with Crippen molar-refractivity contribution in [3.63, 3.8) is 0 Å². The number of hydrogen-bond donors (Lipinski definition) is 1. The zero-order chi connectivity index (χ0) is 29.2. The van der Waals surface area contributed by atoms with Gasteiger partial charge < -0.3 is 24.5 Å². The van der Waals surface area contributed by atoms with E-state index in [1.807, 2.05) is 104 Å². The molecular formula is C34H33N3O5. The van der Waals surface area contributed by atoms with Gasteiger partial charge in [-0.25, -0.2) is 0 Å². The van der Waals surface area contributed by atoms with Gasteiger partial charge in [-0.1, -0.05) is 72.8 Å². The minimum Gasteiger partial charge on any atom is -0.394 e. The highest BCUT2D eigenvalue weighted by molar-refractivity contribution is 6.08. The molecule has 3 aromatic carbocycles. The predicted octanol–water partition coefficient (Wildman–Crippen LogP) is 3.70. The fourth-order valence-corrected chi connectivity index (χ4v) is 7.44. The van der Waals surface area contributed by atoms with Gasteiger partial charge in [0.2, 0.25) is 11.8 Å². The van der Waals surface area contributed by atoms with Gasteiger partial charge >= 0.3 is 0 Å². The Balaban J connectivity index is 1.35. The minimum atomic E-state index is -1.39. The van der Waals surface area contributed by atoms with Crippen LogP contribution in [0.15, 0.2) is 97.1 Å². The molecule has 42 heavy (non-hydrogen) atoms. The summed E-state index contributed by atoms with van der Waals surface area (Å²) in [5, 5.41) is 12.3. The molecule has 3 amide bonds. The largest absolute Gasteiger partial charge is 0.394 e. The lowest BCUT2D eigenvalue weighted by molar-refractivity contribution is -0.147. The van der Waals surface area contributed by atoms with Crippen molar-refractivity contribution in [2.75, 3.05) is 29.5 Å². The van der Waals surface area contributed by atoms with Crippen LogP contribution >= 0.6 is 0 Å². The number of benzene rings is 3. The SMILES string of the molecule is C[C@H](CO)N1C(=O)[C@@H]2[C@@H]3C(=O)N(c4ccccc4)CC=C[C@]3(C)O[C@@]23C=CCN(c2ccc4ccccc4c2)C(=O)C13. The number of amides is 3. The summed E-state index contributed by atoms with van der Waals surface area (Å²) in [6.07, 6.45) is 7.48. The van der Waals surface area contributed by atoms with Crippen molar-refractivity contribution >= 4 is 39.9 Å². The maximum absolute atomic E-state index is 14.6. The fourth-order valence-electron chi connectivity index (χ4n) is 7.44. The van der Waals surface area contributed by atoms with Gasteiger partial charge in [0.05, 0.1) is 30.1 Å². The lowest BCUT2D eigenvalue weighted by Crippen LogP contribution is -2.58. The molecule has 8 nitrogen and oxygen atoms in total. The van der Waals surface area contributed by atoms with E-state index in [4.69, 9.17) is 4.74 Å². The fraction of sp³-hybridized carbons (Fsp3) is 0.324. The third-order valence-corrected chi connectivity index (χ3v) is 9.35. The first-order chi connectivity index (χ1) is 20.3. The van der Waals surface area contributed by atoms with E-state index in [-0.39, 0.29) is 30.9 Å². The standard InChI is InChI=1S/C34H33N3O5/c1-22(21-38)37-29-32(41)36(26-15-14-23-10-6-7-11-24(23)20-26)19-9-17-34(29)28(31(37)40)27-30(39)35(25-12-4-3-5-13-25)18-8-16-33(27,2)42-34/h3-17,20,22,27-29,38H,18-19,21H2,1-2H3/t22-,27-,28+,29?,33+,34+/m1/s1. The Labute approximate surface area is 244 Å². The van der Waals surface area contributed by atoms with Crippen molar-refractivity contribution < 1.29 is 24.2 Å². The number of likely N-dealkylation sites (tertiary alicyclic amines) is 1. The number of carbonyl (C=O) groups excluding carboxylic acids is 3. The highest BCUT2D eigenvalue weighted by Gasteiger charge is 2.75. The molecule has 6 atom stereocenters. The average molecular weight is 564 g/mol. The number of aliphatic hydroxyl groups is 1. The molecule has 0 aromatic heterocycles. The second-order valence-corrected chi connectivity index (χ2v) is 11.8. The summed E-state index contributed by atoms with van der Waals surface area (Å²) in [4.78, 5) is 48.3. The minimum absolute atomic E-state index is 0.224. The Morgan fingerprint density at radius 1 is 0.810 bits per heavy atom. The Hall–Kier alpha value is -4.27. The molecule has 214 valence electrons. The number of anilines is 2. The van der Waals surface area contributed by atoms with E-state index < -0.39 is 35.1 Å². The third kappa shape index (κ3) is 3.71. The van der Waals surface area contributed by atoms with E-state index in [1.165, 1.54) is 4.90 Å². The van der Waals surface area contributed by atoms with E-state index in [2.05, 4.69) is 0 Å². The zero-order valence-corrected chi connectivity index (χ0v) is 23.6. The zero-order valence-electron chi connectivity index (χ0n) is 23.6. The molecule has 7 rings (SSSR count). The van der Waals surface area contributed by atoms with Gasteiger partial charge in [-0.3, -0.25) is 14.4 Å². The highest BCUT2D eigenvalue weighted by Crippen LogP contribution is 2.58. The van der Waals surface area contributed by atoms with Crippen molar-refractivity contribution in [2.24, 2.45) is 11.8 Å². The monoisotopic (exact) mass is 563 g/mol. The summed E-state index contributed by atoms with van der Waals surface area (Å²) in [7, 11) is 0.